The summed E-state index contributed by atoms with van der Waals surface area (Å²) in [5.41, 5.74) is 7.84. The van der Waals surface area contributed by atoms with E-state index in [-0.39, 0.29) is 5.56 Å². The number of hydrogen-bond acceptors (Lipinski definition) is 3. The molecule has 1 heterocycles. The molecule has 0 fully saturated rings. The van der Waals surface area contributed by atoms with Gasteiger partial charge in [-0.25, -0.2) is 4.98 Å². The Morgan fingerprint density at radius 2 is 1.61 bits per heavy atom. The van der Waals surface area contributed by atoms with Crippen molar-refractivity contribution in [3.63, 3.8) is 0 Å². The van der Waals surface area contributed by atoms with Gasteiger partial charge < -0.3 is 9.90 Å². The van der Waals surface area contributed by atoms with Gasteiger partial charge in [0.1, 0.15) is 0 Å². The second-order valence-corrected chi connectivity index (χ2v) is 3.97. The van der Waals surface area contributed by atoms with E-state index < -0.39 is 5.97 Å². The normalized spacial score (nSPS) is 9.22. The number of pyridine rings is 1. The number of nitrogen functional groups attached to an aromatic ring is 1. The van der Waals surface area contributed by atoms with Crippen LogP contribution in [-0.2, 0) is 0 Å². The van der Waals surface area contributed by atoms with E-state index in [0.29, 0.717) is 5.82 Å². The number of hydrogen-bond donors (Lipinski definition) is 1. The van der Waals surface area contributed by atoms with Crippen LogP contribution >= 0.6 is 0 Å². The van der Waals surface area contributed by atoms with Crippen molar-refractivity contribution in [2.24, 2.45) is 0 Å². The molecule has 0 radical (unpaired) electrons. The van der Waals surface area contributed by atoms with Crippen molar-refractivity contribution < 1.29 is 14.9 Å². The first kappa shape index (κ1) is 13.7. The second kappa shape index (κ2) is 6.39. The fourth-order valence-electron chi connectivity index (χ4n) is 1.20. The van der Waals surface area contributed by atoms with Crippen LogP contribution in [0.25, 0.3) is 0 Å². The number of aromatic nitrogens is 1. The molecule has 94 valence electrons. The van der Waals surface area contributed by atoms with Crippen molar-refractivity contribution in [3.8, 4) is 0 Å². The van der Waals surface area contributed by atoms with Gasteiger partial charge in [-0.15, -0.1) is 0 Å². The number of nitrogens with one attached hydrogen (secondary N) is 1. The summed E-state index contributed by atoms with van der Waals surface area (Å²) in [6.07, 6.45) is 1.87. The minimum Gasteiger partial charge on any atom is -0.545 e. The predicted molar refractivity (Wildman–Crippen MR) is 67.7 cm³/mol. The van der Waals surface area contributed by atoms with Gasteiger partial charge in [-0.1, -0.05) is 29.8 Å². The number of nitrogens with two attached hydrogens (primary N) is 1. The van der Waals surface area contributed by atoms with Crippen molar-refractivity contribution >= 4 is 11.8 Å². The lowest BCUT2D eigenvalue weighted by atomic mass is 10.2. The number of aromatic amines is 1. The molecule has 0 unspecified atom stereocenters. The van der Waals surface area contributed by atoms with Crippen LogP contribution < -0.4 is 15.8 Å². The van der Waals surface area contributed by atoms with Gasteiger partial charge in [-0.05, 0) is 31.0 Å². The molecule has 4 heteroatoms. The van der Waals surface area contributed by atoms with Crippen LogP contribution in [0.4, 0.5) is 5.82 Å². The lowest BCUT2D eigenvalue weighted by Gasteiger charge is -2.00. The number of aryl methyl sites for hydroxylation is 2. The van der Waals surface area contributed by atoms with Crippen molar-refractivity contribution in [1.29, 1.82) is 0 Å². The quantitative estimate of drug-likeness (QED) is 0.803. The van der Waals surface area contributed by atoms with E-state index >= 15 is 0 Å². The van der Waals surface area contributed by atoms with E-state index in [2.05, 4.69) is 4.98 Å². The Labute approximate surface area is 106 Å². The minimum absolute atomic E-state index is 0.227. The highest BCUT2D eigenvalue weighted by Gasteiger charge is 1.89. The molecule has 0 atom stereocenters. The Morgan fingerprint density at radius 1 is 1.06 bits per heavy atom. The van der Waals surface area contributed by atoms with Gasteiger partial charge in [0.2, 0.25) is 0 Å². The van der Waals surface area contributed by atoms with Crippen LogP contribution in [0.3, 0.4) is 0 Å². The third kappa shape index (κ3) is 4.65. The minimum atomic E-state index is -1.12. The molecule has 0 spiro atoms. The van der Waals surface area contributed by atoms with Crippen LogP contribution in [0.2, 0.25) is 0 Å². The van der Waals surface area contributed by atoms with Crippen LogP contribution in [0, 0.1) is 13.8 Å². The average molecular weight is 244 g/mol. The molecular weight excluding hydrogens is 228 g/mol. The Balaban J connectivity index is 0.000000184. The van der Waals surface area contributed by atoms with E-state index in [4.69, 9.17) is 5.73 Å². The Bertz CT molecular complexity index is 483. The number of anilines is 1. The summed E-state index contributed by atoms with van der Waals surface area (Å²) in [6, 6.07) is 10.4. The largest absolute Gasteiger partial charge is 0.545 e. The van der Waals surface area contributed by atoms with E-state index in [1.165, 1.54) is 17.7 Å². The third-order valence-electron chi connectivity index (χ3n) is 2.28. The maximum absolute atomic E-state index is 10.2. The average Bonchev–Trinajstić information content (AvgIpc) is 2.34. The monoisotopic (exact) mass is 244 g/mol. The zero-order valence-electron chi connectivity index (χ0n) is 10.4. The van der Waals surface area contributed by atoms with Crippen molar-refractivity contribution in [2.75, 3.05) is 5.73 Å². The molecular formula is C14H16N2O2. The number of carboxylic acid groups (broad SMARTS) is 1. The molecule has 1 aromatic carbocycles. The summed E-state index contributed by atoms with van der Waals surface area (Å²) < 4.78 is 0. The first-order valence-electron chi connectivity index (χ1n) is 5.51. The number of H-pyrrole nitrogens is 1. The van der Waals surface area contributed by atoms with Crippen molar-refractivity contribution in [3.05, 3.63) is 59.3 Å². The zero-order valence-corrected chi connectivity index (χ0v) is 10.4. The first-order chi connectivity index (χ1) is 8.49. The van der Waals surface area contributed by atoms with Crippen LogP contribution in [0.15, 0.2) is 42.6 Å². The molecule has 0 saturated heterocycles. The summed E-state index contributed by atoms with van der Waals surface area (Å²) in [7, 11) is 0. The Kier molecular flexibility index (Phi) is 4.87. The lowest BCUT2D eigenvalue weighted by molar-refractivity contribution is -0.360. The molecule has 0 aliphatic carbocycles. The maximum Gasteiger partial charge on any atom is 0.270 e. The topological polar surface area (TPSA) is 80.3 Å². The highest BCUT2D eigenvalue weighted by atomic mass is 16.4. The highest BCUT2D eigenvalue weighted by molar-refractivity contribution is 5.85. The van der Waals surface area contributed by atoms with Gasteiger partial charge in [0.25, 0.3) is 5.82 Å². The fraction of sp³-hybridized carbons (Fsp3) is 0.143. The molecule has 0 bridgehead atoms. The SMILES string of the molecule is Cc1ccc(C(=O)[O-])cc1.Cc1ccc(N)[nH+]c1. The summed E-state index contributed by atoms with van der Waals surface area (Å²) in [5.74, 6) is -0.421. The zero-order chi connectivity index (χ0) is 13.5. The van der Waals surface area contributed by atoms with E-state index in [0.717, 1.165) is 5.56 Å². The van der Waals surface area contributed by atoms with Crippen LogP contribution in [-0.4, -0.2) is 5.97 Å². The lowest BCUT2D eigenvalue weighted by Crippen LogP contribution is -2.21. The molecule has 3 N–H and O–H groups in total. The van der Waals surface area contributed by atoms with Gasteiger partial charge >= 0.3 is 0 Å². The summed E-state index contributed by atoms with van der Waals surface area (Å²) in [6.45, 7) is 3.91. The van der Waals surface area contributed by atoms with Gasteiger partial charge in [0.05, 0.1) is 12.2 Å². The highest BCUT2D eigenvalue weighted by Crippen LogP contribution is 2.00. The molecule has 2 rings (SSSR count). The summed E-state index contributed by atoms with van der Waals surface area (Å²) in [4.78, 5) is 13.1. The fourth-order valence-corrected chi connectivity index (χ4v) is 1.20. The standard InChI is InChI=1S/C8H8O2.C6H8N2/c1-6-2-4-7(5-3-6)8(9)10;1-5-2-3-6(7)8-4-5/h2-5H,1H3,(H,9,10);2-4H,1H3,(H2,7,8). The van der Waals surface area contributed by atoms with Gasteiger partial charge in [-0.2, -0.15) is 0 Å². The predicted octanol–water partition coefficient (Wildman–Crippen LogP) is 0.750. The molecule has 2 aromatic rings. The van der Waals surface area contributed by atoms with Crippen LogP contribution in [0.5, 0.6) is 0 Å². The van der Waals surface area contributed by atoms with E-state index in [1.807, 2.05) is 32.2 Å². The van der Waals surface area contributed by atoms with Crippen molar-refractivity contribution in [2.45, 2.75) is 13.8 Å². The summed E-state index contributed by atoms with van der Waals surface area (Å²) >= 11 is 0. The van der Waals surface area contributed by atoms with E-state index in [1.54, 1.807) is 12.1 Å². The number of rotatable bonds is 1. The third-order valence-corrected chi connectivity index (χ3v) is 2.28. The number of carboxylic acids is 1. The van der Waals surface area contributed by atoms with Gasteiger partial charge in [0.15, 0.2) is 0 Å². The molecule has 18 heavy (non-hydrogen) atoms. The Hall–Kier alpha value is -2.36. The molecule has 0 amide bonds. The number of benzene rings is 1. The molecule has 0 aliphatic heterocycles. The smallest absolute Gasteiger partial charge is 0.270 e. The molecule has 1 aromatic heterocycles. The van der Waals surface area contributed by atoms with E-state index in [9.17, 15) is 9.90 Å². The maximum atomic E-state index is 10.2. The van der Waals surface area contributed by atoms with Gasteiger partial charge in [-0.3, -0.25) is 5.73 Å². The first-order valence-corrected chi connectivity index (χ1v) is 5.51. The van der Waals surface area contributed by atoms with Gasteiger partial charge in [0, 0.05) is 6.07 Å². The molecule has 0 aliphatic rings. The Morgan fingerprint density at radius 3 is 2.00 bits per heavy atom. The number of carbonyl (C=O) groups is 1. The number of aromatic carboxylic acids is 1. The van der Waals surface area contributed by atoms with Crippen molar-refractivity contribution in [1.82, 2.24) is 0 Å². The molecule has 4 nitrogen and oxygen atoms in total. The molecule has 0 saturated carbocycles. The van der Waals surface area contributed by atoms with Crippen LogP contribution in [0.1, 0.15) is 21.5 Å². The number of carbonyl (C=O) groups excluding carboxylic acids is 1. The second-order valence-electron chi connectivity index (χ2n) is 3.97. The summed E-state index contributed by atoms with van der Waals surface area (Å²) in [5, 5.41) is 10.2.